The number of hydrogen-bond donors (Lipinski definition) is 1. The number of benzene rings is 2. The van der Waals surface area contributed by atoms with Gasteiger partial charge >= 0.3 is 0 Å². The highest BCUT2D eigenvalue weighted by molar-refractivity contribution is 5.49. The number of nitrogens with zero attached hydrogens (tertiary/aromatic N) is 1. The average Bonchev–Trinajstić information content (AvgIpc) is 2.66. The number of hydrogen-bond acceptors (Lipinski definition) is 4. The lowest BCUT2D eigenvalue weighted by molar-refractivity contribution is 0.208. The zero-order valence-corrected chi connectivity index (χ0v) is 16.3. The molecule has 0 atom stereocenters. The molecule has 1 N–H and O–H groups in total. The smallest absolute Gasteiger partial charge is 0.165 e. The lowest BCUT2D eigenvalue weighted by atomic mass is 10.0. The van der Waals surface area contributed by atoms with Crippen molar-refractivity contribution in [1.82, 2.24) is 4.90 Å². The zero-order chi connectivity index (χ0) is 18.5. The van der Waals surface area contributed by atoms with Gasteiger partial charge in [0.1, 0.15) is 0 Å². The standard InChI is InChI=1S/C22H30N2O2/c1-16-8-9-20(14-17(16)2)23-19-10-12-24(13-11-19)15-18-6-5-7-21(25-3)22(18)26-4/h5-9,14,19,23H,10-13,15H2,1-4H3. The molecular weight excluding hydrogens is 324 g/mol. The summed E-state index contributed by atoms with van der Waals surface area (Å²) in [6.45, 7) is 7.40. The Morgan fingerprint density at radius 2 is 1.77 bits per heavy atom. The van der Waals surface area contributed by atoms with Crippen molar-refractivity contribution in [2.75, 3.05) is 32.6 Å². The fourth-order valence-corrected chi connectivity index (χ4v) is 3.62. The van der Waals surface area contributed by atoms with Crippen LogP contribution in [-0.2, 0) is 6.54 Å². The quantitative estimate of drug-likeness (QED) is 0.834. The fourth-order valence-electron chi connectivity index (χ4n) is 3.62. The van der Waals surface area contributed by atoms with Crippen LogP contribution in [-0.4, -0.2) is 38.3 Å². The molecule has 2 aromatic rings. The summed E-state index contributed by atoms with van der Waals surface area (Å²) in [5.41, 5.74) is 5.11. The molecule has 4 nitrogen and oxygen atoms in total. The molecule has 1 aliphatic rings. The number of likely N-dealkylation sites (tertiary alicyclic amines) is 1. The summed E-state index contributed by atoms with van der Waals surface area (Å²) >= 11 is 0. The van der Waals surface area contributed by atoms with Crippen molar-refractivity contribution in [2.24, 2.45) is 0 Å². The van der Waals surface area contributed by atoms with Crippen molar-refractivity contribution in [3.8, 4) is 11.5 Å². The van der Waals surface area contributed by atoms with E-state index in [1.54, 1.807) is 14.2 Å². The van der Waals surface area contributed by atoms with Crippen molar-refractivity contribution in [3.63, 3.8) is 0 Å². The third kappa shape index (κ3) is 4.31. The van der Waals surface area contributed by atoms with Gasteiger partial charge in [-0.3, -0.25) is 4.90 Å². The highest BCUT2D eigenvalue weighted by Crippen LogP contribution is 2.32. The van der Waals surface area contributed by atoms with Crippen molar-refractivity contribution in [2.45, 2.75) is 39.3 Å². The Bertz CT molecular complexity index is 737. The van der Waals surface area contributed by atoms with Gasteiger partial charge < -0.3 is 14.8 Å². The number of piperidine rings is 1. The van der Waals surface area contributed by atoms with Crippen LogP contribution in [0.4, 0.5) is 5.69 Å². The van der Waals surface area contributed by atoms with Crippen LogP contribution in [0, 0.1) is 13.8 Å². The summed E-state index contributed by atoms with van der Waals surface area (Å²) in [5.74, 6) is 1.65. The first-order valence-electron chi connectivity index (χ1n) is 9.36. The van der Waals surface area contributed by atoms with Gasteiger partial charge in [-0.05, 0) is 56.0 Å². The average molecular weight is 354 g/mol. The topological polar surface area (TPSA) is 33.7 Å². The summed E-state index contributed by atoms with van der Waals surface area (Å²) in [7, 11) is 3.40. The first-order chi connectivity index (χ1) is 12.6. The van der Waals surface area contributed by atoms with E-state index in [-0.39, 0.29) is 0 Å². The van der Waals surface area contributed by atoms with Crippen LogP contribution in [0.3, 0.4) is 0 Å². The van der Waals surface area contributed by atoms with E-state index in [0.29, 0.717) is 6.04 Å². The molecule has 3 rings (SSSR count). The van der Waals surface area contributed by atoms with E-state index in [1.807, 2.05) is 12.1 Å². The van der Waals surface area contributed by atoms with Gasteiger partial charge in [0.25, 0.3) is 0 Å². The predicted molar refractivity (Wildman–Crippen MR) is 107 cm³/mol. The lowest BCUT2D eigenvalue weighted by Crippen LogP contribution is -2.38. The second kappa shape index (κ2) is 8.45. The van der Waals surface area contributed by atoms with Gasteiger partial charge in [-0.25, -0.2) is 0 Å². The highest BCUT2D eigenvalue weighted by Gasteiger charge is 2.21. The molecule has 0 unspecified atom stereocenters. The Kier molecular flexibility index (Phi) is 6.04. The monoisotopic (exact) mass is 354 g/mol. The molecule has 0 saturated carbocycles. The van der Waals surface area contributed by atoms with Crippen LogP contribution in [0.1, 0.15) is 29.5 Å². The maximum Gasteiger partial charge on any atom is 0.165 e. The Hall–Kier alpha value is -2.20. The van der Waals surface area contributed by atoms with Gasteiger partial charge in [0.15, 0.2) is 11.5 Å². The maximum absolute atomic E-state index is 5.57. The second-order valence-corrected chi connectivity index (χ2v) is 7.15. The van der Waals surface area contributed by atoms with Crippen LogP contribution in [0.5, 0.6) is 11.5 Å². The Balaban J connectivity index is 1.56. The van der Waals surface area contributed by atoms with E-state index in [9.17, 15) is 0 Å². The van der Waals surface area contributed by atoms with Crippen molar-refractivity contribution in [3.05, 3.63) is 53.1 Å². The molecule has 1 fully saturated rings. The van der Waals surface area contributed by atoms with Gasteiger partial charge in [0.05, 0.1) is 14.2 Å². The van der Waals surface area contributed by atoms with E-state index < -0.39 is 0 Å². The molecule has 2 aromatic carbocycles. The highest BCUT2D eigenvalue weighted by atomic mass is 16.5. The maximum atomic E-state index is 5.57. The van der Waals surface area contributed by atoms with Crippen LogP contribution >= 0.6 is 0 Å². The van der Waals surface area contributed by atoms with Gasteiger partial charge in [0.2, 0.25) is 0 Å². The summed E-state index contributed by atoms with van der Waals surface area (Å²) in [5, 5.41) is 3.70. The summed E-state index contributed by atoms with van der Waals surface area (Å²) in [6, 6.07) is 13.3. The molecule has 4 heteroatoms. The molecule has 0 spiro atoms. The molecule has 1 aliphatic heterocycles. The second-order valence-electron chi connectivity index (χ2n) is 7.15. The number of ether oxygens (including phenoxy) is 2. The van der Waals surface area contributed by atoms with Crippen LogP contribution in [0.15, 0.2) is 36.4 Å². The van der Waals surface area contributed by atoms with E-state index >= 15 is 0 Å². The minimum absolute atomic E-state index is 0.542. The minimum atomic E-state index is 0.542. The van der Waals surface area contributed by atoms with E-state index in [0.717, 1.165) is 44.0 Å². The van der Waals surface area contributed by atoms with E-state index in [1.165, 1.54) is 22.4 Å². The largest absolute Gasteiger partial charge is 0.493 e. The molecule has 0 amide bonds. The van der Waals surface area contributed by atoms with Gasteiger partial charge in [0, 0.05) is 36.9 Å². The lowest BCUT2D eigenvalue weighted by Gasteiger charge is -2.33. The molecule has 1 saturated heterocycles. The van der Waals surface area contributed by atoms with E-state index in [2.05, 4.69) is 48.3 Å². The summed E-state index contributed by atoms with van der Waals surface area (Å²) in [4.78, 5) is 2.50. The normalized spacial score (nSPS) is 15.7. The Morgan fingerprint density at radius 3 is 2.42 bits per heavy atom. The first-order valence-corrected chi connectivity index (χ1v) is 9.36. The van der Waals surface area contributed by atoms with E-state index in [4.69, 9.17) is 9.47 Å². The van der Waals surface area contributed by atoms with Gasteiger partial charge in [-0.15, -0.1) is 0 Å². The number of aryl methyl sites for hydroxylation is 2. The molecule has 0 radical (unpaired) electrons. The number of para-hydroxylation sites is 1. The third-order valence-corrected chi connectivity index (χ3v) is 5.34. The molecular formula is C22H30N2O2. The van der Waals surface area contributed by atoms with Crippen molar-refractivity contribution >= 4 is 5.69 Å². The fraction of sp³-hybridized carbons (Fsp3) is 0.455. The van der Waals surface area contributed by atoms with Crippen molar-refractivity contribution < 1.29 is 9.47 Å². The van der Waals surface area contributed by atoms with Crippen molar-refractivity contribution in [1.29, 1.82) is 0 Å². The number of anilines is 1. The number of nitrogens with one attached hydrogen (secondary N) is 1. The minimum Gasteiger partial charge on any atom is -0.493 e. The third-order valence-electron chi connectivity index (χ3n) is 5.34. The molecule has 0 aromatic heterocycles. The summed E-state index contributed by atoms with van der Waals surface area (Å²) in [6.07, 6.45) is 2.30. The zero-order valence-electron chi connectivity index (χ0n) is 16.3. The van der Waals surface area contributed by atoms with Crippen LogP contribution in [0.25, 0.3) is 0 Å². The first kappa shape index (κ1) is 18.6. The molecule has 0 bridgehead atoms. The van der Waals surface area contributed by atoms with Gasteiger partial charge in [-0.2, -0.15) is 0 Å². The SMILES string of the molecule is COc1cccc(CN2CCC(Nc3ccc(C)c(C)c3)CC2)c1OC. The number of methoxy groups -OCH3 is 2. The molecule has 1 heterocycles. The van der Waals surface area contributed by atoms with Gasteiger partial charge in [-0.1, -0.05) is 18.2 Å². The molecule has 140 valence electrons. The number of rotatable bonds is 6. The Morgan fingerprint density at radius 1 is 1.00 bits per heavy atom. The molecule has 0 aliphatic carbocycles. The summed E-state index contributed by atoms with van der Waals surface area (Å²) < 4.78 is 11.0. The predicted octanol–water partition coefficient (Wildman–Crippen LogP) is 4.40. The Labute approximate surface area is 157 Å². The van der Waals surface area contributed by atoms with Crippen LogP contribution in [0.2, 0.25) is 0 Å². The molecule has 26 heavy (non-hydrogen) atoms. The van der Waals surface area contributed by atoms with Crippen LogP contribution < -0.4 is 14.8 Å².